The zero-order chi connectivity index (χ0) is 38.5. The maximum Gasteiger partial charge on any atom is 0.186 e. The van der Waals surface area contributed by atoms with Gasteiger partial charge in [-0.3, -0.25) is 0 Å². The molecule has 2 spiro atoms. The molecule has 0 aromatic heterocycles. The molecule has 8 rings (SSSR count). The van der Waals surface area contributed by atoms with E-state index in [0.29, 0.717) is 32.1 Å². The lowest BCUT2D eigenvalue weighted by Crippen LogP contribution is -2.65. The number of ether oxygens (including phenoxy) is 5. The first kappa shape index (κ1) is 39.3. The molecule has 53 heavy (non-hydrogen) atoms. The van der Waals surface area contributed by atoms with E-state index < -0.39 is 90.2 Å². The van der Waals surface area contributed by atoms with Crippen LogP contribution in [-0.2, 0) is 23.7 Å². The van der Waals surface area contributed by atoms with Crippen LogP contribution in [0.1, 0.15) is 106 Å². The zero-order valence-corrected chi connectivity index (χ0v) is 32.6. The highest BCUT2D eigenvalue weighted by atomic mass is 16.7. The second-order valence-corrected chi connectivity index (χ2v) is 20.6. The van der Waals surface area contributed by atoms with Crippen molar-refractivity contribution in [3.8, 4) is 0 Å². The Hall–Kier alpha value is -0.520. The van der Waals surface area contributed by atoms with Gasteiger partial charge in [0.2, 0.25) is 0 Å². The molecule has 8 N–H and O–H groups in total. The molecule has 3 heterocycles. The summed E-state index contributed by atoms with van der Waals surface area (Å²) in [6.07, 6.45) is -5.47. The normalized spacial score (nSPS) is 59.9. The lowest BCUT2D eigenvalue weighted by Gasteiger charge is -2.66. The van der Waals surface area contributed by atoms with Crippen LogP contribution in [-0.4, -0.2) is 139 Å². The lowest BCUT2D eigenvalue weighted by molar-refractivity contribution is -0.326. The number of aliphatic hydroxyl groups is 8. The van der Waals surface area contributed by atoms with Gasteiger partial charge in [0.05, 0.1) is 48.8 Å². The molecule has 3 aliphatic heterocycles. The maximum absolute atomic E-state index is 12.2. The van der Waals surface area contributed by atoms with Crippen LogP contribution in [0.2, 0.25) is 0 Å². The summed E-state index contributed by atoms with van der Waals surface area (Å²) >= 11 is 0. The monoisotopic (exact) mass is 754 g/mol. The average molecular weight is 755 g/mol. The van der Waals surface area contributed by atoms with Crippen LogP contribution in [0.25, 0.3) is 0 Å². The molecular formula is C40H66O13. The molecule has 5 aliphatic carbocycles. The first-order valence-corrected chi connectivity index (χ1v) is 20.3. The van der Waals surface area contributed by atoms with Gasteiger partial charge in [0, 0.05) is 5.92 Å². The Morgan fingerprint density at radius 3 is 1.79 bits per heavy atom. The van der Waals surface area contributed by atoms with Crippen molar-refractivity contribution in [1.29, 1.82) is 0 Å². The van der Waals surface area contributed by atoms with Gasteiger partial charge >= 0.3 is 0 Å². The highest BCUT2D eigenvalue weighted by molar-refractivity contribution is 5.33. The summed E-state index contributed by atoms with van der Waals surface area (Å²) in [5.74, 6) is -0.0740. The standard InChI is InChI=1S/C40H66O13/c1-34(2)25(52-33-29(48)27(46)21(43)17-50-33)9-11-40-18-39(40)13-12-36(5)30(38(7)10-8-24(44)35(3,4)53-38)19(41)15-37(36,6)23(39)14-22(31(34)40)51-32-28(47)26(45)20(42)16-49-32/h19-33,41-48H,8-18H2,1-7H3. The molecule has 0 amide bonds. The highest BCUT2D eigenvalue weighted by Crippen LogP contribution is 2.89. The molecule has 13 heteroatoms. The van der Waals surface area contributed by atoms with Crippen molar-refractivity contribution in [3.05, 3.63) is 0 Å². The van der Waals surface area contributed by atoms with Gasteiger partial charge in [-0.15, -0.1) is 0 Å². The van der Waals surface area contributed by atoms with E-state index in [1.54, 1.807) is 0 Å². The van der Waals surface area contributed by atoms with Crippen LogP contribution < -0.4 is 0 Å². The molecule has 5 saturated carbocycles. The van der Waals surface area contributed by atoms with Crippen molar-refractivity contribution in [2.75, 3.05) is 13.2 Å². The van der Waals surface area contributed by atoms with Gasteiger partial charge in [-0.05, 0) is 117 Å². The second kappa shape index (κ2) is 12.5. The minimum absolute atomic E-state index is 0.0185. The summed E-state index contributed by atoms with van der Waals surface area (Å²) < 4.78 is 31.8. The molecule has 0 radical (unpaired) electrons. The fourth-order valence-electron chi connectivity index (χ4n) is 14.7. The lowest BCUT2D eigenvalue weighted by atomic mass is 9.41. The maximum atomic E-state index is 12.2. The molecule has 3 saturated heterocycles. The molecule has 13 nitrogen and oxygen atoms in total. The van der Waals surface area contributed by atoms with Crippen molar-refractivity contribution >= 4 is 0 Å². The van der Waals surface area contributed by atoms with E-state index in [4.69, 9.17) is 23.7 Å². The van der Waals surface area contributed by atoms with Gasteiger partial charge in [-0.1, -0.05) is 27.7 Å². The summed E-state index contributed by atoms with van der Waals surface area (Å²) in [6, 6.07) is 0. The van der Waals surface area contributed by atoms with Crippen LogP contribution >= 0.6 is 0 Å². The first-order chi connectivity index (χ1) is 24.6. The van der Waals surface area contributed by atoms with E-state index in [1.165, 1.54) is 0 Å². The van der Waals surface area contributed by atoms with Crippen molar-refractivity contribution < 1.29 is 64.5 Å². The number of rotatable bonds is 5. The Labute approximate surface area is 313 Å². The van der Waals surface area contributed by atoms with E-state index >= 15 is 0 Å². The molecule has 20 unspecified atom stereocenters. The zero-order valence-electron chi connectivity index (χ0n) is 32.6. The Balaban J connectivity index is 1.15. The summed E-state index contributed by atoms with van der Waals surface area (Å²) in [6.45, 7) is 14.7. The van der Waals surface area contributed by atoms with Crippen LogP contribution in [0.4, 0.5) is 0 Å². The third kappa shape index (κ3) is 5.35. The topological polar surface area (TPSA) is 208 Å². The van der Waals surface area contributed by atoms with E-state index in [-0.39, 0.29) is 52.6 Å². The van der Waals surface area contributed by atoms with Crippen molar-refractivity contribution in [2.24, 2.45) is 44.8 Å². The average Bonchev–Trinajstić information content (AvgIpc) is 3.67. The Morgan fingerprint density at radius 2 is 1.19 bits per heavy atom. The number of aliphatic hydroxyl groups excluding tert-OH is 8. The largest absolute Gasteiger partial charge is 0.393 e. The van der Waals surface area contributed by atoms with Crippen LogP contribution in [0, 0.1) is 44.8 Å². The minimum atomic E-state index is -1.45. The Kier molecular flexibility index (Phi) is 9.27. The molecule has 0 bridgehead atoms. The van der Waals surface area contributed by atoms with E-state index in [2.05, 4.69) is 34.6 Å². The molecule has 8 fully saturated rings. The fourth-order valence-corrected chi connectivity index (χ4v) is 14.7. The molecular weight excluding hydrogens is 688 g/mol. The van der Waals surface area contributed by atoms with Crippen LogP contribution in [0.15, 0.2) is 0 Å². The summed E-state index contributed by atoms with van der Waals surface area (Å²) in [5.41, 5.74) is -2.66. The van der Waals surface area contributed by atoms with Gasteiger partial charge in [0.1, 0.15) is 36.6 Å². The summed E-state index contributed by atoms with van der Waals surface area (Å²) in [4.78, 5) is 0. The SMILES string of the molecule is CC1(C)OC(C)(C2C(O)CC3(C)C4CC(OC5OCC(O)C(O)C5O)C5C(C)(C)C(OC6OCC(O)C(O)C6O)CCC56CC46CCC23C)CCC1O. The van der Waals surface area contributed by atoms with Gasteiger partial charge < -0.3 is 64.5 Å². The van der Waals surface area contributed by atoms with Crippen LogP contribution in [0.3, 0.4) is 0 Å². The minimum Gasteiger partial charge on any atom is -0.393 e. The van der Waals surface area contributed by atoms with Crippen molar-refractivity contribution in [3.63, 3.8) is 0 Å². The Bertz CT molecular complexity index is 1410. The molecule has 20 atom stereocenters. The Morgan fingerprint density at radius 1 is 0.585 bits per heavy atom. The quantitative estimate of drug-likeness (QED) is 0.187. The summed E-state index contributed by atoms with van der Waals surface area (Å²) in [7, 11) is 0. The van der Waals surface area contributed by atoms with Crippen molar-refractivity contribution in [2.45, 2.75) is 191 Å². The summed E-state index contributed by atoms with van der Waals surface area (Å²) in [5, 5.41) is 86.4. The third-order valence-corrected chi connectivity index (χ3v) is 17.3. The molecule has 0 aromatic carbocycles. The predicted octanol–water partition coefficient (Wildman–Crippen LogP) is 1.36. The fraction of sp³-hybridized carbons (Fsp3) is 1.00. The van der Waals surface area contributed by atoms with Crippen molar-refractivity contribution in [1.82, 2.24) is 0 Å². The second-order valence-electron chi connectivity index (χ2n) is 20.6. The van der Waals surface area contributed by atoms with Gasteiger partial charge in [0.15, 0.2) is 12.6 Å². The molecule has 304 valence electrons. The van der Waals surface area contributed by atoms with Gasteiger partial charge in [-0.25, -0.2) is 0 Å². The predicted molar refractivity (Wildman–Crippen MR) is 188 cm³/mol. The molecule has 8 aliphatic rings. The molecule has 0 aromatic rings. The van der Waals surface area contributed by atoms with E-state index in [1.807, 2.05) is 13.8 Å². The third-order valence-electron chi connectivity index (χ3n) is 17.3. The van der Waals surface area contributed by atoms with E-state index in [0.717, 1.165) is 25.7 Å². The van der Waals surface area contributed by atoms with Gasteiger partial charge in [-0.2, -0.15) is 0 Å². The number of hydrogen-bond acceptors (Lipinski definition) is 13. The number of hydrogen-bond donors (Lipinski definition) is 8. The number of fused-ring (bicyclic) bond motifs is 2. The smallest absolute Gasteiger partial charge is 0.186 e. The van der Waals surface area contributed by atoms with Crippen LogP contribution in [0.5, 0.6) is 0 Å². The van der Waals surface area contributed by atoms with Gasteiger partial charge in [0.25, 0.3) is 0 Å². The highest BCUT2D eigenvalue weighted by Gasteiger charge is 2.85. The first-order valence-electron chi connectivity index (χ1n) is 20.3. The van der Waals surface area contributed by atoms with E-state index in [9.17, 15) is 40.9 Å².